The third kappa shape index (κ3) is 6.02. The summed E-state index contributed by atoms with van der Waals surface area (Å²) in [4.78, 5) is 24.1. The molecule has 0 aromatic heterocycles. The van der Waals surface area contributed by atoms with Crippen molar-refractivity contribution in [3.8, 4) is 11.5 Å². The van der Waals surface area contributed by atoms with Crippen LogP contribution in [0.1, 0.15) is 27.9 Å². The van der Waals surface area contributed by atoms with Gasteiger partial charge < -0.3 is 20.1 Å². The van der Waals surface area contributed by atoms with Crippen molar-refractivity contribution in [1.82, 2.24) is 10.6 Å². The molecule has 0 atom stereocenters. The van der Waals surface area contributed by atoms with Gasteiger partial charge in [-0.3, -0.25) is 9.59 Å². The van der Waals surface area contributed by atoms with E-state index in [2.05, 4.69) is 10.6 Å². The number of rotatable bonds is 9. The first kappa shape index (κ1) is 20.3. The van der Waals surface area contributed by atoms with E-state index in [1.54, 1.807) is 20.3 Å². The quantitative estimate of drug-likeness (QED) is 0.665. The average molecular weight is 370 g/mol. The van der Waals surface area contributed by atoms with Gasteiger partial charge in [0, 0.05) is 25.1 Å². The van der Waals surface area contributed by atoms with E-state index in [-0.39, 0.29) is 11.8 Å². The summed E-state index contributed by atoms with van der Waals surface area (Å²) in [5.41, 5.74) is 2.57. The lowest BCUT2D eigenvalue weighted by atomic mass is 10.1. The molecule has 0 radical (unpaired) electrons. The molecule has 0 aliphatic rings. The maximum Gasteiger partial charge on any atom is 0.251 e. The van der Waals surface area contributed by atoms with Crippen LogP contribution in [0.4, 0.5) is 0 Å². The third-order valence-electron chi connectivity index (χ3n) is 4.21. The van der Waals surface area contributed by atoms with Crippen LogP contribution in [0.15, 0.2) is 42.5 Å². The van der Waals surface area contributed by atoms with E-state index in [4.69, 9.17) is 9.47 Å². The van der Waals surface area contributed by atoms with Gasteiger partial charge in [0.25, 0.3) is 5.91 Å². The molecule has 2 rings (SSSR count). The van der Waals surface area contributed by atoms with Gasteiger partial charge >= 0.3 is 0 Å². The highest BCUT2D eigenvalue weighted by atomic mass is 16.5. The van der Waals surface area contributed by atoms with Gasteiger partial charge in [-0.15, -0.1) is 0 Å². The van der Waals surface area contributed by atoms with E-state index >= 15 is 0 Å². The molecule has 0 saturated heterocycles. The van der Waals surface area contributed by atoms with E-state index in [1.807, 2.05) is 43.3 Å². The molecule has 0 saturated carbocycles. The first-order valence-electron chi connectivity index (χ1n) is 8.86. The number of hydrogen-bond donors (Lipinski definition) is 2. The topological polar surface area (TPSA) is 76.7 Å². The number of carbonyl (C=O) groups excluding carboxylic acids is 2. The molecular formula is C21H26N2O4. The summed E-state index contributed by atoms with van der Waals surface area (Å²) >= 11 is 0. The molecule has 0 aliphatic carbocycles. The maximum absolute atomic E-state index is 12.1. The van der Waals surface area contributed by atoms with Gasteiger partial charge in [0.05, 0.1) is 14.2 Å². The molecule has 144 valence electrons. The first-order chi connectivity index (χ1) is 13.0. The molecular weight excluding hydrogens is 344 g/mol. The van der Waals surface area contributed by atoms with E-state index in [0.29, 0.717) is 43.0 Å². The van der Waals surface area contributed by atoms with Crippen LogP contribution in [-0.2, 0) is 11.2 Å². The van der Waals surface area contributed by atoms with Crippen LogP contribution in [0.3, 0.4) is 0 Å². The zero-order valence-electron chi connectivity index (χ0n) is 16.0. The molecule has 0 spiro atoms. The van der Waals surface area contributed by atoms with E-state index in [9.17, 15) is 9.59 Å². The molecule has 0 fully saturated rings. The fraction of sp³-hybridized carbons (Fsp3) is 0.333. The minimum atomic E-state index is -0.132. The average Bonchev–Trinajstić information content (AvgIpc) is 2.69. The molecule has 6 nitrogen and oxygen atoms in total. The predicted molar refractivity (Wildman–Crippen MR) is 104 cm³/mol. The molecule has 0 bridgehead atoms. The molecule has 0 aliphatic heterocycles. The Morgan fingerprint density at radius 1 is 0.926 bits per heavy atom. The molecule has 6 heteroatoms. The Hall–Kier alpha value is -3.02. The monoisotopic (exact) mass is 370 g/mol. The van der Waals surface area contributed by atoms with Crippen molar-refractivity contribution >= 4 is 11.8 Å². The Bertz CT molecular complexity index is 790. The summed E-state index contributed by atoms with van der Waals surface area (Å²) < 4.78 is 10.5. The van der Waals surface area contributed by atoms with E-state index in [1.165, 1.54) is 0 Å². The summed E-state index contributed by atoms with van der Waals surface area (Å²) in [6.07, 6.45) is 0.961. The van der Waals surface area contributed by atoms with Gasteiger partial charge in [0.1, 0.15) is 0 Å². The largest absolute Gasteiger partial charge is 0.493 e. The van der Waals surface area contributed by atoms with Gasteiger partial charge in [-0.25, -0.2) is 0 Å². The normalized spacial score (nSPS) is 10.2. The van der Waals surface area contributed by atoms with E-state index < -0.39 is 0 Å². The number of carbonyl (C=O) groups is 2. The fourth-order valence-electron chi connectivity index (χ4n) is 2.68. The molecule has 0 unspecified atom stereocenters. The van der Waals surface area contributed by atoms with Crippen molar-refractivity contribution < 1.29 is 19.1 Å². The molecule has 2 aromatic rings. The summed E-state index contributed by atoms with van der Waals surface area (Å²) in [5, 5.41) is 5.63. The second-order valence-electron chi connectivity index (χ2n) is 6.11. The van der Waals surface area contributed by atoms with Crippen LogP contribution >= 0.6 is 0 Å². The standard InChI is InChI=1S/C21H26N2O4/c1-15-6-4-5-7-17(15)21(25)23-13-12-22-20(24)11-9-16-8-10-18(26-2)19(14-16)27-3/h4-8,10,14H,9,11-13H2,1-3H3,(H,22,24)(H,23,25). The molecule has 0 heterocycles. The van der Waals surface area contributed by atoms with Crippen molar-refractivity contribution in [2.24, 2.45) is 0 Å². The number of aryl methyl sites for hydroxylation is 2. The van der Waals surface area contributed by atoms with Crippen molar-refractivity contribution in [3.63, 3.8) is 0 Å². The Morgan fingerprint density at radius 2 is 1.63 bits per heavy atom. The van der Waals surface area contributed by atoms with Gasteiger partial charge in [0.2, 0.25) is 5.91 Å². The van der Waals surface area contributed by atoms with Crippen molar-refractivity contribution in [2.75, 3.05) is 27.3 Å². The van der Waals surface area contributed by atoms with E-state index in [0.717, 1.165) is 11.1 Å². The van der Waals surface area contributed by atoms with Crippen LogP contribution in [0.5, 0.6) is 11.5 Å². The lowest BCUT2D eigenvalue weighted by Crippen LogP contribution is -2.35. The van der Waals surface area contributed by atoms with Crippen LogP contribution in [0.25, 0.3) is 0 Å². The fourth-order valence-corrected chi connectivity index (χ4v) is 2.68. The lowest BCUT2D eigenvalue weighted by molar-refractivity contribution is -0.121. The maximum atomic E-state index is 12.1. The molecule has 2 aromatic carbocycles. The zero-order valence-corrected chi connectivity index (χ0v) is 16.0. The van der Waals surface area contributed by atoms with Gasteiger partial charge in [-0.1, -0.05) is 24.3 Å². The number of hydrogen-bond acceptors (Lipinski definition) is 4. The Morgan fingerprint density at radius 3 is 2.33 bits per heavy atom. The first-order valence-corrected chi connectivity index (χ1v) is 8.86. The summed E-state index contributed by atoms with van der Waals surface area (Å²) in [5.74, 6) is 1.12. The summed E-state index contributed by atoms with van der Waals surface area (Å²) in [6.45, 7) is 2.67. The van der Waals surface area contributed by atoms with Gasteiger partial charge in [-0.2, -0.15) is 0 Å². The summed E-state index contributed by atoms with van der Waals surface area (Å²) in [6, 6.07) is 13.0. The van der Waals surface area contributed by atoms with Crippen LogP contribution in [0, 0.1) is 6.92 Å². The SMILES string of the molecule is COc1ccc(CCC(=O)NCCNC(=O)c2ccccc2C)cc1OC. The molecule has 2 N–H and O–H groups in total. The Balaban J connectivity index is 1.71. The van der Waals surface area contributed by atoms with Crippen molar-refractivity contribution in [3.05, 3.63) is 59.2 Å². The Kier molecular flexibility index (Phi) is 7.67. The molecule has 2 amide bonds. The predicted octanol–water partition coefficient (Wildman–Crippen LogP) is 2.49. The third-order valence-corrected chi connectivity index (χ3v) is 4.21. The second kappa shape index (κ2) is 10.2. The van der Waals surface area contributed by atoms with Crippen molar-refractivity contribution in [1.29, 1.82) is 0 Å². The number of ether oxygens (including phenoxy) is 2. The number of nitrogens with one attached hydrogen (secondary N) is 2. The Labute approximate surface area is 159 Å². The zero-order chi connectivity index (χ0) is 19.6. The molecule has 27 heavy (non-hydrogen) atoms. The number of benzene rings is 2. The van der Waals surface area contributed by atoms with Gasteiger partial charge in [-0.05, 0) is 42.7 Å². The number of methoxy groups -OCH3 is 2. The number of amides is 2. The van der Waals surface area contributed by atoms with Crippen LogP contribution in [0.2, 0.25) is 0 Å². The minimum absolute atomic E-state index is 0.0603. The second-order valence-corrected chi connectivity index (χ2v) is 6.11. The van der Waals surface area contributed by atoms with Crippen molar-refractivity contribution in [2.45, 2.75) is 19.8 Å². The highest BCUT2D eigenvalue weighted by molar-refractivity contribution is 5.95. The summed E-state index contributed by atoms with van der Waals surface area (Å²) in [7, 11) is 3.17. The van der Waals surface area contributed by atoms with Crippen LogP contribution < -0.4 is 20.1 Å². The lowest BCUT2D eigenvalue weighted by Gasteiger charge is -2.10. The minimum Gasteiger partial charge on any atom is -0.493 e. The smallest absolute Gasteiger partial charge is 0.251 e. The van der Waals surface area contributed by atoms with Gasteiger partial charge in [0.15, 0.2) is 11.5 Å². The van der Waals surface area contributed by atoms with Crippen LogP contribution in [-0.4, -0.2) is 39.1 Å². The highest BCUT2D eigenvalue weighted by Gasteiger charge is 2.09. The highest BCUT2D eigenvalue weighted by Crippen LogP contribution is 2.27.